The lowest BCUT2D eigenvalue weighted by Crippen LogP contribution is -2.50. The van der Waals surface area contributed by atoms with Gasteiger partial charge in [0.1, 0.15) is 23.2 Å². The fraction of sp³-hybridized carbons (Fsp3) is 0.350. The third-order valence-electron chi connectivity index (χ3n) is 9.11. The standard InChI is InChI=1S/C40H42Cl5FN4/c1-21(2)27-14-10-15-28(22(3)4)38(27)48-39(30-24(6)12-9-13-25(30)7)49-16-11-17-50(20-49)40(47-37-26(8)18-23(5)19-29(37)46)31-32(41)34(43)36(45)35(44)33(31)42/h9-10,12-15,18-19,21-22H,11,16-17,20H2,1-8H3. The Labute approximate surface area is 320 Å². The van der Waals surface area contributed by atoms with Crippen molar-refractivity contribution in [3.63, 3.8) is 0 Å². The maximum atomic E-state index is 15.6. The molecule has 4 aromatic carbocycles. The molecule has 5 rings (SSSR count). The molecule has 0 spiro atoms. The minimum Gasteiger partial charge on any atom is -0.338 e. The van der Waals surface area contributed by atoms with Crippen LogP contribution in [-0.2, 0) is 0 Å². The van der Waals surface area contributed by atoms with Crippen molar-refractivity contribution in [2.24, 2.45) is 9.98 Å². The van der Waals surface area contributed by atoms with Gasteiger partial charge in [0.2, 0.25) is 0 Å². The molecular formula is C40H42Cl5FN4. The summed E-state index contributed by atoms with van der Waals surface area (Å²) < 4.78 is 15.6. The van der Waals surface area contributed by atoms with Crippen LogP contribution in [0, 0.1) is 33.5 Å². The van der Waals surface area contributed by atoms with Gasteiger partial charge < -0.3 is 9.80 Å². The SMILES string of the molecule is Cc1cc(C)c(N=C(c2c(Cl)c(Cl)c(Cl)c(Cl)c2Cl)N2CCCN(C(=Nc3c(C(C)C)cccc3C(C)C)c3c(C)cccc3C)C2)c(F)c1. The van der Waals surface area contributed by atoms with Crippen LogP contribution >= 0.6 is 58.0 Å². The second kappa shape index (κ2) is 15.8. The number of benzene rings is 4. The summed E-state index contributed by atoms with van der Waals surface area (Å²) in [5.74, 6) is 1.25. The lowest BCUT2D eigenvalue weighted by atomic mass is 9.92. The Morgan fingerprint density at radius 2 is 1.08 bits per heavy atom. The smallest absolute Gasteiger partial charge is 0.149 e. The summed E-state index contributed by atoms with van der Waals surface area (Å²) >= 11 is 33.4. The second-order valence-electron chi connectivity index (χ2n) is 13.6. The summed E-state index contributed by atoms with van der Waals surface area (Å²) in [6, 6.07) is 16.1. The Bertz CT molecular complexity index is 1900. The van der Waals surface area contributed by atoms with E-state index in [9.17, 15) is 0 Å². The van der Waals surface area contributed by atoms with Crippen LogP contribution < -0.4 is 0 Å². The molecule has 0 aliphatic carbocycles. The second-order valence-corrected chi connectivity index (χ2v) is 15.5. The van der Waals surface area contributed by atoms with Crippen LogP contribution in [-0.4, -0.2) is 41.2 Å². The van der Waals surface area contributed by atoms with E-state index in [4.69, 9.17) is 68.0 Å². The van der Waals surface area contributed by atoms with Gasteiger partial charge in [-0.2, -0.15) is 0 Å². The van der Waals surface area contributed by atoms with Crippen LogP contribution in [0.5, 0.6) is 0 Å². The van der Waals surface area contributed by atoms with Gasteiger partial charge >= 0.3 is 0 Å². The van der Waals surface area contributed by atoms with E-state index in [1.54, 1.807) is 0 Å². The fourth-order valence-corrected chi connectivity index (χ4v) is 7.89. The fourth-order valence-electron chi connectivity index (χ4n) is 6.59. The van der Waals surface area contributed by atoms with Gasteiger partial charge in [-0.1, -0.05) is 128 Å². The zero-order valence-electron chi connectivity index (χ0n) is 29.7. The Balaban J connectivity index is 1.76. The van der Waals surface area contributed by atoms with Crippen LogP contribution in [0.3, 0.4) is 0 Å². The predicted molar refractivity (Wildman–Crippen MR) is 213 cm³/mol. The van der Waals surface area contributed by atoms with E-state index in [1.165, 1.54) is 17.2 Å². The molecular weight excluding hydrogens is 733 g/mol. The van der Waals surface area contributed by atoms with Gasteiger partial charge in [0, 0.05) is 18.7 Å². The van der Waals surface area contributed by atoms with Crippen LogP contribution in [0.2, 0.25) is 25.1 Å². The van der Waals surface area contributed by atoms with Crippen molar-refractivity contribution in [1.29, 1.82) is 0 Å². The third-order valence-corrected chi connectivity index (χ3v) is 11.4. The summed E-state index contributed by atoms with van der Waals surface area (Å²) in [7, 11) is 0. The molecule has 0 atom stereocenters. The molecule has 4 aromatic rings. The number of amidine groups is 2. The first kappa shape index (κ1) is 38.4. The lowest BCUT2D eigenvalue weighted by molar-refractivity contribution is 0.214. The summed E-state index contributed by atoms with van der Waals surface area (Å²) in [6.07, 6.45) is 0.742. The molecule has 4 nitrogen and oxygen atoms in total. The molecule has 0 N–H and O–H groups in total. The van der Waals surface area contributed by atoms with E-state index in [-0.39, 0.29) is 48.2 Å². The van der Waals surface area contributed by atoms with Crippen molar-refractivity contribution in [1.82, 2.24) is 9.80 Å². The lowest BCUT2D eigenvalue weighted by Gasteiger charge is -2.40. The Hall–Kier alpha value is -2.80. The number of aliphatic imine (C=N–C) groups is 2. The summed E-state index contributed by atoms with van der Waals surface area (Å²) in [4.78, 5) is 14.8. The number of para-hydroxylation sites is 1. The van der Waals surface area contributed by atoms with E-state index in [0.29, 0.717) is 24.6 Å². The van der Waals surface area contributed by atoms with Crippen LogP contribution in [0.1, 0.15) is 90.5 Å². The van der Waals surface area contributed by atoms with E-state index in [1.807, 2.05) is 24.8 Å². The van der Waals surface area contributed by atoms with Gasteiger partial charge in [-0.3, -0.25) is 0 Å². The summed E-state index contributed by atoms with van der Waals surface area (Å²) in [5.41, 5.74) is 8.56. The molecule has 0 unspecified atom stereocenters. The minimum atomic E-state index is -0.462. The molecule has 50 heavy (non-hydrogen) atoms. The average Bonchev–Trinajstić information content (AvgIpc) is 3.06. The van der Waals surface area contributed by atoms with Crippen LogP contribution in [0.25, 0.3) is 0 Å². The molecule has 0 aromatic heterocycles. The monoisotopic (exact) mass is 772 g/mol. The van der Waals surface area contributed by atoms with Crippen molar-refractivity contribution >= 4 is 81.1 Å². The zero-order chi connectivity index (χ0) is 36.6. The minimum absolute atomic E-state index is 0.0404. The van der Waals surface area contributed by atoms with Gasteiger partial charge in [0.25, 0.3) is 0 Å². The third kappa shape index (κ3) is 7.68. The first-order valence-electron chi connectivity index (χ1n) is 16.8. The summed E-state index contributed by atoms with van der Waals surface area (Å²) in [6.45, 7) is 18.3. The highest BCUT2D eigenvalue weighted by molar-refractivity contribution is 6.56. The molecule has 10 heteroatoms. The van der Waals surface area contributed by atoms with Crippen molar-refractivity contribution in [2.75, 3.05) is 19.8 Å². The number of halogens is 6. The average molecular weight is 775 g/mol. The molecule has 1 saturated heterocycles. The maximum absolute atomic E-state index is 15.6. The Kier molecular flexibility index (Phi) is 12.2. The number of nitrogens with zero attached hydrogens (tertiary/aromatic N) is 4. The molecule has 1 fully saturated rings. The van der Waals surface area contributed by atoms with Gasteiger partial charge in [0.15, 0.2) is 0 Å². The first-order chi connectivity index (χ1) is 23.6. The number of rotatable bonds is 6. The molecule has 0 saturated carbocycles. The van der Waals surface area contributed by atoms with Crippen molar-refractivity contribution in [3.05, 3.63) is 124 Å². The molecule has 0 radical (unpaired) electrons. The molecule has 1 aliphatic rings. The van der Waals surface area contributed by atoms with Gasteiger partial charge in [-0.05, 0) is 85.4 Å². The van der Waals surface area contributed by atoms with E-state index in [0.717, 1.165) is 46.7 Å². The Morgan fingerprint density at radius 3 is 1.58 bits per heavy atom. The van der Waals surface area contributed by atoms with E-state index < -0.39 is 5.82 Å². The largest absolute Gasteiger partial charge is 0.338 e. The highest BCUT2D eigenvalue weighted by atomic mass is 35.5. The molecule has 1 heterocycles. The normalized spacial score (nSPS) is 14.4. The number of hydrogen-bond donors (Lipinski definition) is 0. The molecule has 1 aliphatic heterocycles. The highest BCUT2D eigenvalue weighted by Gasteiger charge is 2.31. The van der Waals surface area contributed by atoms with Gasteiger partial charge in [-0.25, -0.2) is 14.4 Å². The summed E-state index contributed by atoms with van der Waals surface area (Å²) in [5, 5.41) is 0.305. The van der Waals surface area contributed by atoms with Crippen molar-refractivity contribution in [2.45, 2.75) is 73.6 Å². The van der Waals surface area contributed by atoms with Crippen molar-refractivity contribution in [3.8, 4) is 0 Å². The maximum Gasteiger partial charge on any atom is 0.149 e. The van der Waals surface area contributed by atoms with E-state index in [2.05, 4.69) is 82.8 Å². The van der Waals surface area contributed by atoms with Crippen molar-refractivity contribution < 1.29 is 4.39 Å². The highest BCUT2D eigenvalue weighted by Crippen LogP contribution is 2.45. The Morgan fingerprint density at radius 1 is 0.620 bits per heavy atom. The predicted octanol–water partition coefficient (Wildman–Crippen LogP) is 13.4. The number of aryl methyl sites for hydroxylation is 4. The zero-order valence-corrected chi connectivity index (χ0v) is 33.4. The number of hydrogen-bond acceptors (Lipinski definition) is 2. The van der Waals surface area contributed by atoms with E-state index >= 15 is 4.39 Å². The molecule has 264 valence electrons. The first-order valence-corrected chi connectivity index (χ1v) is 18.7. The molecule has 0 bridgehead atoms. The quantitative estimate of drug-likeness (QED) is 0.0845. The van der Waals surface area contributed by atoms with Crippen LogP contribution in [0.4, 0.5) is 15.8 Å². The topological polar surface area (TPSA) is 31.2 Å². The van der Waals surface area contributed by atoms with Gasteiger partial charge in [0.05, 0.1) is 43.0 Å². The van der Waals surface area contributed by atoms with Crippen LogP contribution in [0.15, 0.2) is 58.5 Å². The van der Waals surface area contributed by atoms with Gasteiger partial charge in [-0.15, -0.1) is 0 Å². The molecule has 0 amide bonds.